The van der Waals surface area contributed by atoms with Gasteiger partial charge in [0.05, 0.1) is 0 Å². The smallest absolute Gasteiger partial charge is 0.221 e. The Morgan fingerprint density at radius 1 is 1.29 bits per heavy atom. The van der Waals surface area contributed by atoms with E-state index in [2.05, 4.69) is 22.3 Å². The van der Waals surface area contributed by atoms with E-state index in [0.717, 1.165) is 11.3 Å². The van der Waals surface area contributed by atoms with Gasteiger partial charge in [-0.2, -0.15) is 11.8 Å². The average Bonchev–Trinajstić information content (AvgIpc) is 2.34. The van der Waals surface area contributed by atoms with Crippen LogP contribution in [0.15, 0.2) is 24.3 Å². The maximum Gasteiger partial charge on any atom is 0.221 e. The van der Waals surface area contributed by atoms with Crippen molar-refractivity contribution in [1.29, 1.82) is 0 Å². The molecule has 0 bridgehead atoms. The summed E-state index contributed by atoms with van der Waals surface area (Å²) in [5.74, 6) is 1.00. The number of nitrogens with one attached hydrogen (secondary N) is 1. The number of thioether (sulfide) groups is 1. The number of carbonyl (C=O) groups excluding carboxylic acids is 1. The molecule has 94 valence electrons. The van der Waals surface area contributed by atoms with Crippen molar-refractivity contribution in [2.75, 3.05) is 31.0 Å². The zero-order valence-electron chi connectivity index (χ0n) is 10.7. The third kappa shape index (κ3) is 5.13. The van der Waals surface area contributed by atoms with E-state index < -0.39 is 0 Å². The second kappa shape index (κ2) is 7.22. The van der Waals surface area contributed by atoms with Crippen LogP contribution < -0.4 is 10.2 Å². The second-order valence-electron chi connectivity index (χ2n) is 4.08. The summed E-state index contributed by atoms with van der Waals surface area (Å²) in [4.78, 5) is 13.5. The highest BCUT2D eigenvalue weighted by atomic mass is 32.2. The van der Waals surface area contributed by atoms with Crippen molar-refractivity contribution in [1.82, 2.24) is 5.32 Å². The summed E-state index contributed by atoms with van der Waals surface area (Å²) in [6.07, 6.45) is 2.60. The lowest BCUT2D eigenvalue weighted by Crippen LogP contribution is -2.23. The van der Waals surface area contributed by atoms with E-state index in [9.17, 15) is 4.79 Å². The van der Waals surface area contributed by atoms with Crippen LogP contribution in [0.2, 0.25) is 0 Å². The van der Waals surface area contributed by atoms with Crippen LogP contribution in [0.25, 0.3) is 0 Å². The summed E-state index contributed by atoms with van der Waals surface area (Å²) >= 11 is 1.69. The van der Waals surface area contributed by atoms with Crippen LogP contribution in [0.4, 0.5) is 5.69 Å². The van der Waals surface area contributed by atoms with Gasteiger partial charge in [-0.3, -0.25) is 4.79 Å². The van der Waals surface area contributed by atoms with E-state index in [1.165, 1.54) is 5.69 Å². The van der Waals surface area contributed by atoms with Crippen molar-refractivity contribution in [3.05, 3.63) is 29.8 Å². The first kappa shape index (κ1) is 13.9. The first-order chi connectivity index (χ1) is 8.13. The minimum Gasteiger partial charge on any atom is -0.378 e. The molecular formula is C13H20N2OS. The molecule has 1 aromatic carbocycles. The Bertz CT molecular complexity index is 349. The summed E-state index contributed by atoms with van der Waals surface area (Å²) < 4.78 is 0. The number of carbonyl (C=O) groups is 1. The van der Waals surface area contributed by atoms with Gasteiger partial charge in [0.1, 0.15) is 0 Å². The third-order valence-corrected chi connectivity index (χ3v) is 3.09. The molecule has 0 aliphatic heterocycles. The Morgan fingerprint density at radius 3 is 2.47 bits per heavy atom. The van der Waals surface area contributed by atoms with Crippen LogP contribution in [0.5, 0.6) is 0 Å². The largest absolute Gasteiger partial charge is 0.378 e. The highest BCUT2D eigenvalue weighted by molar-refractivity contribution is 7.98. The Balaban J connectivity index is 2.39. The van der Waals surface area contributed by atoms with Gasteiger partial charge in [0, 0.05) is 38.5 Å². The molecule has 0 aromatic heterocycles. The highest BCUT2D eigenvalue weighted by Gasteiger charge is 2.01. The van der Waals surface area contributed by atoms with Crippen molar-refractivity contribution < 1.29 is 4.79 Å². The van der Waals surface area contributed by atoms with Crippen LogP contribution in [-0.2, 0) is 11.3 Å². The van der Waals surface area contributed by atoms with E-state index in [-0.39, 0.29) is 5.91 Å². The average molecular weight is 252 g/mol. The summed E-state index contributed by atoms with van der Waals surface area (Å²) in [5, 5.41) is 2.92. The van der Waals surface area contributed by atoms with Gasteiger partial charge in [0.2, 0.25) is 5.91 Å². The molecule has 1 N–H and O–H groups in total. The lowest BCUT2D eigenvalue weighted by Gasteiger charge is -2.12. The van der Waals surface area contributed by atoms with Crippen LogP contribution in [-0.4, -0.2) is 32.0 Å². The van der Waals surface area contributed by atoms with Crippen LogP contribution >= 0.6 is 11.8 Å². The van der Waals surface area contributed by atoms with E-state index in [4.69, 9.17) is 0 Å². The van der Waals surface area contributed by atoms with E-state index in [1.54, 1.807) is 11.8 Å². The summed E-state index contributed by atoms with van der Waals surface area (Å²) in [6, 6.07) is 8.21. The van der Waals surface area contributed by atoms with Gasteiger partial charge in [-0.15, -0.1) is 0 Å². The lowest BCUT2D eigenvalue weighted by molar-refractivity contribution is -0.120. The Morgan fingerprint density at radius 2 is 1.94 bits per heavy atom. The zero-order chi connectivity index (χ0) is 12.7. The van der Waals surface area contributed by atoms with Gasteiger partial charge in [0.15, 0.2) is 0 Å². The summed E-state index contributed by atoms with van der Waals surface area (Å²) in [7, 11) is 4.03. The monoisotopic (exact) mass is 252 g/mol. The van der Waals surface area contributed by atoms with Crippen LogP contribution in [0.3, 0.4) is 0 Å². The lowest BCUT2D eigenvalue weighted by atomic mass is 10.2. The molecule has 0 atom stereocenters. The van der Waals surface area contributed by atoms with Gasteiger partial charge in [-0.1, -0.05) is 12.1 Å². The molecule has 0 fully saturated rings. The first-order valence-electron chi connectivity index (χ1n) is 5.65. The molecule has 1 rings (SSSR count). The number of rotatable bonds is 6. The molecular weight excluding hydrogens is 232 g/mol. The number of anilines is 1. The molecule has 0 aliphatic rings. The van der Waals surface area contributed by atoms with Gasteiger partial charge < -0.3 is 10.2 Å². The van der Waals surface area contributed by atoms with Crippen molar-refractivity contribution in [2.45, 2.75) is 13.0 Å². The number of amides is 1. The minimum absolute atomic E-state index is 0.121. The summed E-state index contributed by atoms with van der Waals surface area (Å²) in [5.41, 5.74) is 2.30. The van der Waals surface area contributed by atoms with E-state index in [1.807, 2.05) is 32.5 Å². The predicted molar refractivity (Wildman–Crippen MR) is 75.6 cm³/mol. The van der Waals surface area contributed by atoms with Gasteiger partial charge in [0.25, 0.3) is 0 Å². The molecule has 0 saturated carbocycles. The molecule has 0 aliphatic carbocycles. The Hall–Kier alpha value is -1.16. The number of benzene rings is 1. The SMILES string of the molecule is CSCCC(=O)NCc1ccc(N(C)C)cc1. The Labute approximate surface area is 108 Å². The standard InChI is InChI=1S/C13H20N2OS/c1-15(2)12-6-4-11(5-7-12)10-14-13(16)8-9-17-3/h4-7H,8-10H2,1-3H3,(H,14,16). The third-order valence-electron chi connectivity index (χ3n) is 2.48. The summed E-state index contributed by atoms with van der Waals surface area (Å²) in [6.45, 7) is 0.612. The van der Waals surface area contributed by atoms with Crippen molar-refractivity contribution in [3.8, 4) is 0 Å². The Kier molecular flexibility index (Phi) is 5.91. The molecule has 4 heteroatoms. The van der Waals surface area contributed by atoms with E-state index >= 15 is 0 Å². The van der Waals surface area contributed by atoms with Gasteiger partial charge in [-0.05, 0) is 24.0 Å². The minimum atomic E-state index is 0.121. The molecule has 17 heavy (non-hydrogen) atoms. The fourth-order valence-electron chi connectivity index (χ4n) is 1.40. The molecule has 0 unspecified atom stereocenters. The molecule has 1 aromatic rings. The second-order valence-corrected chi connectivity index (χ2v) is 5.07. The number of hydrogen-bond donors (Lipinski definition) is 1. The number of hydrogen-bond acceptors (Lipinski definition) is 3. The maximum absolute atomic E-state index is 11.4. The highest BCUT2D eigenvalue weighted by Crippen LogP contribution is 2.11. The van der Waals surface area contributed by atoms with Gasteiger partial charge in [-0.25, -0.2) is 0 Å². The van der Waals surface area contributed by atoms with Crippen LogP contribution in [0, 0.1) is 0 Å². The topological polar surface area (TPSA) is 32.3 Å². The first-order valence-corrected chi connectivity index (χ1v) is 7.04. The molecule has 0 saturated heterocycles. The molecule has 3 nitrogen and oxygen atoms in total. The normalized spacial score (nSPS) is 10.1. The van der Waals surface area contributed by atoms with Crippen molar-refractivity contribution in [3.63, 3.8) is 0 Å². The number of nitrogens with zero attached hydrogens (tertiary/aromatic N) is 1. The fraction of sp³-hybridized carbons (Fsp3) is 0.462. The molecule has 0 heterocycles. The van der Waals surface area contributed by atoms with Crippen molar-refractivity contribution in [2.24, 2.45) is 0 Å². The molecule has 1 amide bonds. The quantitative estimate of drug-likeness (QED) is 0.841. The predicted octanol–water partition coefficient (Wildman–Crippen LogP) is 2.12. The molecule has 0 spiro atoms. The zero-order valence-corrected chi connectivity index (χ0v) is 11.5. The van der Waals surface area contributed by atoms with Crippen molar-refractivity contribution >= 4 is 23.4 Å². The van der Waals surface area contributed by atoms with Crippen LogP contribution in [0.1, 0.15) is 12.0 Å². The van der Waals surface area contributed by atoms with Gasteiger partial charge >= 0.3 is 0 Å². The fourth-order valence-corrected chi connectivity index (χ4v) is 1.79. The molecule has 0 radical (unpaired) electrons. The van der Waals surface area contributed by atoms with E-state index in [0.29, 0.717) is 13.0 Å². The maximum atomic E-state index is 11.4.